The Bertz CT molecular complexity index is 470. The number of aryl methyl sites for hydroxylation is 1. The molecule has 20 heavy (non-hydrogen) atoms. The van der Waals surface area contributed by atoms with Crippen molar-refractivity contribution in [3.8, 4) is 0 Å². The fourth-order valence-electron chi connectivity index (χ4n) is 4.72. The summed E-state index contributed by atoms with van der Waals surface area (Å²) in [4.78, 5) is 2.81. The van der Waals surface area contributed by atoms with Crippen molar-refractivity contribution in [2.45, 2.75) is 44.1 Å². The minimum Gasteiger partial charge on any atom is -0.315 e. The average Bonchev–Trinajstić information content (AvgIpc) is 2.97. The molecule has 2 saturated heterocycles. The van der Waals surface area contributed by atoms with Gasteiger partial charge in [-0.3, -0.25) is 4.90 Å². The van der Waals surface area contributed by atoms with Crippen LogP contribution in [0.15, 0.2) is 24.3 Å². The molecule has 0 saturated carbocycles. The van der Waals surface area contributed by atoms with E-state index in [0.717, 1.165) is 17.9 Å². The predicted molar refractivity (Wildman–Crippen MR) is 83.1 cm³/mol. The maximum Gasteiger partial charge on any atom is 0.0261 e. The van der Waals surface area contributed by atoms with Crippen molar-refractivity contribution >= 4 is 0 Å². The second-order valence-electron chi connectivity index (χ2n) is 6.91. The van der Waals surface area contributed by atoms with Crippen LogP contribution in [0.2, 0.25) is 0 Å². The third kappa shape index (κ3) is 2.29. The van der Waals surface area contributed by atoms with Gasteiger partial charge in [0.15, 0.2) is 0 Å². The molecule has 2 heterocycles. The molecule has 3 aliphatic rings. The van der Waals surface area contributed by atoms with Crippen LogP contribution < -0.4 is 5.32 Å². The number of nitrogens with zero attached hydrogens (tertiary/aromatic N) is 1. The normalized spacial score (nSPS) is 33.7. The standard InChI is InChI=1S/C18H26N2/c1-2-9-17-14(5-1)6-3-7-16(17)13-20-10-4-8-15-11-19-12-18(15)20/h1-2,5,9,15-16,18-19H,3-4,6-8,10-13H2. The Balaban J connectivity index is 1.52. The van der Waals surface area contributed by atoms with Gasteiger partial charge in [0.05, 0.1) is 0 Å². The molecule has 1 aliphatic carbocycles. The fourth-order valence-corrected chi connectivity index (χ4v) is 4.72. The van der Waals surface area contributed by atoms with Crippen molar-refractivity contribution in [1.82, 2.24) is 10.2 Å². The highest BCUT2D eigenvalue weighted by molar-refractivity contribution is 5.32. The average molecular weight is 270 g/mol. The summed E-state index contributed by atoms with van der Waals surface area (Å²) in [6.45, 7) is 5.09. The van der Waals surface area contributed by atoms with Crippen LogP contribution in [0.5, 0.6) is 0 Å². The van der Waals surface area contributed by atoms with Gasteiger partial charge in [0, 0.05) is 19.1 Å². The number of hydrogen-bond acceptors (Lipinski definition) is 2. The Hall–Kier alpha value is -0.860. The zero-order valence-electron chi connectivity index (χ0n) is 12.4. The lowest BCUT2D eigenvalue weighted by molar-refractivity contribution is 0.114. The quantitative estimate of drug-likeness (QED) is 0.889. The first kappa shape index (κ1) is 12.8. The molecule has 0 aromatic heterocycles. The van der Waals surface area contributed by atoms with E-state index in [4.69, 9.17) is 0 Å². The van der Waals surface area contributed by atoms with Crippen molar-refractivity contribution in [2.24, 2.45) is 5.92 Å². The van der Waals surface area contributed by atoms with Gasteiger partial charge >= 0.3 is 0 Å². The largest absolute Gasteiger partial charge is 0.315 e. The monoisotopic (exact) mass is 270 g/mol. The third-order valence-electron chi connectivity index (χ3n) is 5.74. The van der Waals surface area contributed by atoms with Gasteiger partial charge in [-0.25, -0.2) is 0 Å². The molecule has 0 bridgehead atoms. The molecule has 4 rings (SSSR count). The van der Waals surface area contributed by atoms with E-state index in [-0.39, 0.29) is 0 Å². The van der Waals surface area contributed by atoms with Gasteiger partial charge in [-0.2, -0.15) is 0 Å². The Morgan fingerprint density at radius 3 is 3.05 bits per heavy atom. The summed E-state index contributed by atoms with van der Waals surface area (Å²) in [7, 11) is 0. The predicted octanol–water partition coefficient (Wildman–Crippen LogP) is 2.79. The molecule has 1 aromatic rings. The molecule has 2 heteroatoms. The molecular formula is C18H26N2. The number of fused-ring (bicyclic) bond motifs is 2. The molecule has 0 amide bonds. The number of nitrogens with one attached hydrogen (secondary N) is 1. The van der Waals surface area contributed by atoms with E-state index in [1.165, 1.54) is 58.3 Å². The van der Waals surface area contributed by atoms with E-state index < -0.39 is 0 Å². The van der Waals surface area contributed by atoms with Gasteiger partial charge in [0.2, 0.25) is 0 Å². The van der Waals surface area contributed by atoms with Gasteiger partial charge in [-0.1, -0.05) is 24.3 Å². The zero-order chi connectivity index (χ0) is 13.4. The zero-order valence-corrected chi connectivity index (χ0v) is 12.4. The number of benzene rings is 1. The Labute approximate surface area is 122 Å². The molecule has 3 atom stereocenters. The summed E-state index contributed by atoms with van der Waals surface area (Å²) in [5.74, 6) is 1.70. The van der Waals surface area contributed by atoms with Crippen LogP contribution in [0.3, 0.4) is 0 Å². The van der Waals surface area contributed by atoms with Crippen molar-refractivity contribution in [3.05, 3.63) is 35.4 Å². The lowest BCUT2D eigenvalue weighted by Gasteiger charge is -2.40. The molecule has 2 nitrogen and oxygen atoms in total. The van der Waals surface area contributed by atoms with Crippen LogP contribution in [0.25, 0.3) is 0 Å². The van der Waals surface area contributed by atoms with Gasteiger partial charge in [-0.15, -0.1) is 0 Å². The van der Waals surface area contributed by atoms with Gasteiger partial charge < -0.3 is 5.32 Å². The minimum absolute atomic E-state index is 0.777. The van der Waals surface area contributed by atoms with Crippen molar-refractivity contribution in [2.75, 3.05) is 26.2 Å². The van der Waals surface area contributed by atoms with E-state index in [0.29, 0.717) is 0 Å². The first-order chi connectivity index (χ1) is 9.92. The molecular weight excluding hydrogens is 244 g/mol. The lowest BCUT2D eigenvalue weighted by Crippen LogP contribution is -2.46. The van der Waals surface area contributed by atoms with Gasteiger partial charge in [-0.05, 0) is 68.2 Å². The Morgan fingerprint density at radius 2 is 2.05 bits per heavy atom. The molecule has 108 valence electrons. The summed E-state index contributed by atoms with van der Waals surface area (Å²) >= 11 is 0. The summed E-state index contributed by atoms with van der Waals surface area (Å²) in [6.07, 6.45) is 6.90. The molecule has 0 radical (unpaired) electrons. The number of hydrogen-bond donors (Lipinski definition) is 1. The highest BCUT2D eigenvalue weighted by Gasteiger charge is 2.36. The fraction of sp³-hybridized carbons (Fsp3) is 0.667. The van der Waals surface area contributed by atoms with E-state index in [1.54, 1.807) is 11.1 Å². The van der Waals surface area contributed by atoms with Crippen molar-refractivity contribution in [3.63, 3.8) is 0 Å². The maximum atomic E-state index is 3.61. The second-order valence-corrected chi connectivity index (χ2v) is 6.91. The Morgan fingerprint density at radius 1 is 1.10 bits per heavy atom. The lowest BCUT2D eigenvalue weighted by atomic mass is 9.81. The van der Waals surface area contributed by atoms with E-state index in [1.807, 2.05) is 0 Å². The highest BCUT2D eigenvalue weighted by atomic mass is 15.2. The van der Waals surface area contributed by atoms with Crippen LogP contribution in [0.1, 0.15) is 42.7 Å². The molecule has 0 spiro atoms. The SMILES string of the molecule is c1ccc2c(c1)CCCC2CN1CCCC2CNCC21. The van der Waals surface area contributed by atoms with Gasteiger partial charge in [0.25, 0.3) is 0 Å². The first-order valence-electron chi connectivity index (χ1n) is 8.44. The summed E-state index contributed by atoms with van der Waals surface area (Å²) in [5.41, 5.74) is 3.26. The maximum absolute atomic E-state index is 3.61. The molecule has 1 N–H and O–H groups in total. The highest BCUT2D eigenvalue weighted by Crippen LogP contribution is 2.35. The molecule has 2 fully saturated rings. The van der Waals surface area contributed by atoms with E-state index in [2.05, 4.69) is 34.5 Å². The summed E-state index contributed by atoms with van der Waals surface area (Å²) < 4.78 is 0. The van der Waals surface area contributed by atoms with Gasteiger partial charge in [0.1, 0.15) is 0 Å². The summed E-state index contributed by atoms with van der Waals surface area (Å²) in [6, 6.07) is 9.98. The number of likely N-dealkylation sites (tertiary alicyclic amines) is 1. The molecule has 1 aromatic carbocycles. The Kier molecular flexibility index (Phi) is 3.53. The van der Waals surface area contributed by atoms with Crippen LogP contribution in [0.4, 0.5) is 0 Å². The van der Waals surface area contributed by atoms with Crippen LogP contribution >= 0.6 is 0 Å². The summed E-state index contributed by atoms with van der Waals surface area (Å²) in [5, 5.41) is 3.61. The number of rotatable bonds is 2. The van der Waals surface area contributed by atoms with Crippen LogP contribution in [-0.4, -0.2) is 37.1 Å². The van der Waals surface area contributed by atoms with E-state index in [9.17, 15) is 0 Å². The van der Waals surface area contributed by atoms with Crippen molar-refractivity contribution < 1.29 is 0 Å². The number of piperidine rings is 1. The van der Waals surface area contributed by atoms with Crippen molar-refractivity contribution in [1.29, 1.82) is 0 Å². The second kappa shape index (κ2) is 5.50. The first-order valence-corrected chi connectivity index (χ1v) is 8.44. The molecule has 3 unspecified atom stereocenters. The smallest absolute Gasteiger partial charge is 0.0261 e. The molecule has 2 aliphatic heterocycles. The van der Waals surface area contributed by atoms with Crippen LogP contribution in [0, 0.1) is 5.92 Å². The topological polar surface area (TPSA) is 15.3 Å². The third-order valence-corrected chi connectivity index (χ3v) is 5.74. The van der Waals surface area contributed by atoms with Crippen LogP contribution in [-0.2, 0) is 6.42 Å². The minimum atomic E-state index is 0.777. The van der Waals surface area contributed by atoms with E-state index >= 15 is 0 Å².